The average Bonchev–Trinajstić information content (AvgIpc) is 2.73. The summed E-state index contributed by atoms with van der Waals surface area (Å²) in [4.78, 5) is 23.8. The van der Waals surface area contributed by atoms with Crippen molar-refractivity contribution in [1.29, 1.82) is 5.26 Å². The standard InChI is InChI=1S/C21H19F3N4O5S/c22-21(23,24)33-15-7-6-13(16(17(15)30)19(34)28-20(26)32)14(18(31)27-9-1-8-25)10-11-2-4-12(29)5-3-11/h2-7,14,29-30H,1,9-10H2,(H,27,31)(H3,26,28,32,34). The van der Waals surface area contributed by atoms with Crippen molar-refractivity contribution in [3.8, 4) is 23.3 Å². The molecule has 0 saturated carbocycles. The number of aromatic hydroxyl groups is 2. The fourth-order valence-electron chi connectivity index (χ4n) is 3.07. The molecule has 0 aliphatic heterocycles. The molecule has 0 saturated heterocycles. The van der Waals surface area contributed by atoms with Crippen molar-refractivity contribution in [3.63, 3.8) is 0 Å². The van der Waals surface area contributed by atoms with Crippen molar-refractivity contribution in [2.45, 2.75) is 25.1 Å². The van der Waals surface area contributed by atoms with E-state index >= 15 is 0 Å². The Balaban J connectivity index is 2.63. The highest BCUT2D eigenvalue weighted by Gasteiger charge is 2.35. The van der Waals surface area contributed by atoms with Gasteiger partial charge >= 0.3 is 12.4 Å². The number of nitrogens with two attached hydrogens (primary N) is 1. The Morgan fingerprint density at radius 1 is 1.18 bits per heavy atom. The van der Waals surface area contributed by atoms with Gasteiger partial charge < -0.3 is 26.0 Å². The molecule has 0 bridgehead atoms. The molecule has 0 spiro atoms. The summed E-state index contributed by atoms with van der Waals surface area (Å²) in [7, 11) is 0. The number of halogens is 3. The van der Waals surface area contributed by atoms with Crippen molar-refractivity contribution < 1.29 is 37.7 Å². The van der Waals surface area contributed by atoms with E-state index in [1.807, 2.05) is 11.4 Å². The molecule has 0 aromatic heterocycles. The van der Waals surface area contributed by atoms with Crippen LogP contribution in [0.2, 0.25) is 0 Å². The lowest BCUT2D eigenvalue weighted by Gasteiger charge is -2.23. The number of carbonyl (C=O) groups excluding carboxylic acids is 2. The Labute approximate surface area is 196 Å². The zero-order valence-electron chi connectivity index (χ0n) is 17.3. The fourth-order valence-corrected chi connectivity index (χ4v) is 3.39. The van der Waals surface area contributed by atoms with Gasteiger partial charge in [-0.25, -0.2) is 4.79 Å². The number of phenolic OH excluding ortho intramolecular Hbond substituents is 2. The molecule has 2 rings (SSSR count). The highest BCUT2D eigenvalue weighted by molar-refractivity contribution is 7.80. The minimum atomic E-state index is -5.14. The molecular weight excluding hydrogens is 477 g/mol. The highest BCUT2D eigenvalue weighted by atomic mass is 32.1. The Morgan fingerprint density at radius 3 is 2.38 bits per heavy atom. The molecule has 0 aliphatic rings. The van der Waals surface area contributed by atoms with Crippen LogP contribution in [0.15, 0.2) is 36.4 Å². The van der Waals surface area contributed by atoms with Crippen LogP contribution in [0.5, 0.6) is 17.2 Å². The molecule has 0 radical (unpaired) electrons. The first kappa shape index (κ1) is 26.2. The molecule has 6 N–H and O–H groups in total. The Kier molecular flexibility index (Phi) is 8.63. The van der Waals surface area contributed by atoms with E-state index in [4.69, 9.17) is 23.2 Å². The van der Waals surface area contributed by atoms with E-state index in [-0.39, 0.29) is 30.7 Å². The number of hydrogen-bond acceptors (Lipinski definition) is 7. The van der Waals surface area contributed by atoms with Gasteiger partial charge in [0.05, 0.1) is 24.0 Å². The van der Waals surface area contributed by atoms with E-state index < -0.39 is 46.3 Å². The van der Waals surface area contributed by atoms with E-state index in [9.17, 15) is 33.0 Å². The summed E-state index contributed by atoms with van der Waals surface area (Å²) < 4.78 is 42.2. The maximum atomic E-state index is 13.0. The quantitative estimate of drug-likeness (QED) is 0.278. The third kappa shape index (κ3) is 7.24. The van der Waals surface area contributed by atoms with Crippen LogP contribution in [-0.2, 0) is 11.2 Å². The first-order valence-corrected chi connectivity index (χ1v) is 9.98. The topological polar surface area (TPSA) is 158 Å². The third-order valence-electron chi connectivity index (χ3n) is 4.47. The van der Waals surface area contributed by atoms with Crippen molar-refractivity contribution in [3.05, 3.63) is 53.1 Å². The second kappa shape index (κ2) is 11.2. The van der Waals surface area contributed by atoms with Crippen molar-refractivity contribution in [2.75, 3.05) is 6.54 Å². The Hall–Kier alpha value is -4.05. The summed E-state index contributed by atoms with van der Waals surface area (Å²) in [5.74, 6) is -3.87. The summed E-state index contributed by atoms with van der Waals surface area (Å²) in [6, 6.07) is 8.40. The first-order valence-electron chi connectivity index (χ1n) is 9.58. The largest absolute Gasteiger partial charge is 0.573 e. The van der Waals surface area contributed by atoms with Gasteiger partial charge in [0.2, 0.25) is 5.91 Å². The lowest BCUT2D eigenvalue weighted by atomic mass is 9.87. The number of benzene rings is 2. The molecule has 180 valence electrons. The van der Waals surface area contributed by atoms with Gasteiger partial charge in [-0.2, -0.15) is 5.26 Å². The summed E-state index contributed by atoms with van der Waals surface area (Å²) >= 11 is 5.05. The normalized spacial score (nSPS) is 11.7. The predicted molar refractivity (Wildman–Crippen MR) is 117 cm³/mol. The number of phenols is 2. The van der Waals surface area contributed by atoms with Gasteiger partial charge in [-0.15, -0.1) is 13.2 Å². The van der Waals surface area contributed by atoms with Gasteiger partial charge in [0, 0.05) is 6.54 Å². The third-order valence-corrected chi connectivity index (χ3v) is 4.77. The minimum absolute atomic E-state index is 0.00419. The van der Waals surface area contributed by atoms with E-state index in [0.29, 0.717) is 5.56 Å². The number of hydrogen-bond donors (Lipinski definition) is 5. The number of ether oxygens (including phenoxy) is 1. The highest BCUT2D eigenvalue weighted by Crippen LogP contribution is 2.39. The summed E-state index contributed by atoms with van der Waals surface area (Å²) in [5.41, 5.74) is 5.11. The number of amides is 3. The van der Waals surface area contributed by atoms with Crippen molar-refractivity contribution >= 4 is 29.1 Å². The van der Waals surface area contributed by atoms with Gasteiger partial charge in [0.25, 0.3) is 0 Å². The number of urea groups is 1. The van der Waals surface area contributed by atoms with Crippen LogP contribution < -0.4 is 21.1 Å². The summed E-state index contributed by atoms with van der Waals surface area (Å²) in [6.45, 7) is -0.0119. The Bertz CT molecular complexity index is 1120. The molecule has 9 nitrogen and oxygen atoms in total. The molecule has 2 aromatic rings. The molecular formula is C21H19F3N4O5S. The molecule has 1 unspecified atom stereocenters. The molecule has 0 fully saturated rings. The SMILES string of the molecule is N#CCCNC(=O)C(Cc1ccc(O)cc1)c1ccc(OC(F)(F)F)c(O)c1C(=S)NC(N)=O. The smallest absolute Gasteiger partial charge is 0.508 e. The number of thiocarbonyl (C=S) groups is 1. The van der Waals surface area contributed by atoms with Gasteiger partial charge in [0.15, 0.2) is 11.5 Å². The van der Waals surface area contributed by atoms with Crippen molar-refractivity contribution in [1.82, 2.24) is 10.6 Å². The summed E-state index contributed by atoms with van der Waals surface area (Å²) in [5, 5.41) is 33.3. The molecule has 13 heteroatoms. The average molecular weight is 496 g/mol. The Morgan fingerprint density at radius 2 is 1.82 bits per heavy atom. The molecule has 3 amide bonds. The van der Waals surface area contributed by atoms with E-state index in [2.05, 4.69) is 10.1 Å². The van der Waals surface area contributed by atoms with Gasteiger partial charge in [-0.1, -0.05) is 30.4 Å². The van der Waals surface area contributed by atoms with Gasteiger partial charge in [0.1, 0.15) is 10.7 Å². The monoisotopic (exact) mass is 496 g/mol. The number of alkyl halides is 3. The van der Waals surface area contributed by atoms with Crippen LogP contribution in [0, 0.1) is 11.3 Å². The van der Waals surface area contributed by atoms with Crippen LogP contribution in [0.3, 0.4) is 0 Å². The molecule has 0 heterocycles. The number of nitriles is 1. The number of primary amides is 1. The fraction of sp³-hybridized carbons (Fsp3) is 0.238. The van der Waals surface area contributed by atoms with Crippen LogP contribution in [-0.4, -0.2) is 40.0 Å². The number of rotatable bonds is 8. The van der Waals surface area contributed by atoms with Crippen LogP contribution >= 0.6 is 12.2 Å². The van der Waals surface area contributed by atoms with E-state index in [1.165, 1.54) is 24.3 Å². The lowest BCUT2D eigenvalue weighted by Crippen LogP contribution is -2.37. The molecule has 34 heavy (non-hydrogen) atoms. The molecule has 2 aromatic carbocycles. The molecule has 1 atom stereocenters. The number of nitrogens with one attached hydrogen (secondary N) is 2. The van der Waals surface area contributed by atoms with Crippen LogP contribution in [0.4, 0.5) is 18.0 Å². The maximum absolute atomic E-state index is 13.0. The van der Waals surface area contributed by atoms with E-state index in [1.54, 1.807) is 0 Å². The second-order valence-corrected chi connectivity index (χ2v) is 7.27. The zero-order valence-corrected chi connectivity index (χ0v) is 18.2. The summed E-state index contributed by atoms with van der Waals surface area (Å²) in [6.07, 6.45) is -5.19. The van der Waals surface area contributed by atoms with Gasteiger partial charge in [-0.05, 0) is 35.7 Å². The van der Waals surface area contributed by atoms with Crippen LogP contribution in [0.25, 0.3) is 0 Å². The number of carbonyl (C=O) groups is 2. The zero-order chi connectivity index (χ0) is 25.5. The second-order valence-electron chi connectivity index (χ2n) is 6.87. The van der Waals surface area contributed by atoms with E-state index in [0.717, 1.165) is 12.1 Å². The minimum Gasteiger partial charge on any atom is -0.508 e. The predicted octanol–water partition coefficient (Wildman–Crippen LogP) is 2.70. The first-order chi connectivity index (χ1) is 15.9. The van der Waals surface area contributed by atoms with Gasteiger partial charge in [-0.3, -0.25) is 10.1 Å². The number of nitrogens with zero attached hydrogens (tertiary/aromatic N) is 1. The molecule has 0 aliphatic carbocycles. The maximum Gasteiger partial charge on any atom is 0.573 e. The van der Waals surface area contributed by atoms with Crippen LogP contribution in [0.1, 0.15) is 29.0 Å². The lowest BCUT2D eigenvalue weighted by molar-refractivity contribution is -0.275. The van der Waals surface area contributed by atoms with Crippen molar-refractivity contribution in [2.24, 2.45) is 5.73 Å².